The highest BCUT2D eigenvalue weighted by atomic mass is 19.1. The number of benzene rings is 1. The van der Waals surface area contributed by atoms with Crippen LogP contribution in [0, 0.1) is 15.9 Å². The van der Waals surface area contributed by atoms with E-state index in [-0.39, 0.29) is 0 Å². The lowest BCUT2D eigenvalue weighted by atomic mass is 10.3. The van der Waals surface area contributed by atoms with E-state index in [4.69, 9.17) is 0 Å². The van der Waals surface area contributed by atoms with Crippen LogP contribution < -0.4 is 0 Å². The molecule has 0 N–H and O–H groups in total. The third-order valence-electron chi connectivity index (χ3n) is 1.14. The maximum atomic E-state index is 12.5. The van der Waals surface area contributed by atoms with Gasteiger partial charge in [0.2, 0.25) is 11.6 Å². The molecule has 11 heavy (non-hydrogen) atoms. The van der Waals surface area contributed by atoms with Crippen molar-refractivity contribution < 1.29 is 14.4 Å². The molecular weight excluding hydrogens is 153 g/mol. The molecule has 0 amide bonds. The molecule has 0 spiro atoms. The molecule has 1 rings (SSSR count). The van der Waals surface area contributed by atoms with Gasteiger partial charge >= 0.3 is 5.69 Å². The second-order valence-electron chi connectivity index (χ2n) is 1.85. The van der Waals surface area contributed by atoms with Crippen molar-refractivity contribution >= 4 is 5.69 Å². The molecule has 4 nitrogen and oxygen atoms in total. The number of nitrogens with zero attached hydrogens (tertiary/aromatic N) is 1. The highest BCUT2D eigenvalue weighted by Gasteiger charge is 2.17. The van der Waals surface area contributed by atoms with Gasteiger partial charge in [-0.2, -0.15) is 4.39 Å². The number of hydrogen-bond donors (Lipinski definition) is 0. The first-order valence-electron chi connectivity index (χ1n) is 2.73. The summed E-state index contributed by atoms with van der Waals surface area (Å²) in [7, 11) is 0. The summed E-state index contributed by atoms with van der Waals surface area (Å²) in [6, 6.07) is 3.02. The summed E-state index contributed by atoms with van der Waals surface area (Å²) in [5.41, 5.74) is -0.780. The van der Waals surface area contributed by atoms with Crippen molar-refractivity contribution in [2.24, 2.45) is 0 Å². The van der Waals surface area contributed by atoms with Gasteiger partial charge in [-0.15, -0.1) is 0 Å². The van der Waals surface area contributed by atoms with Crippen LogP contribution in [0.2, 0.25) is 0 Å². The molecule has 0 saturated heterocycles. The van der Waals surface area contributed by atoms with Crippen molar-refractivity contribution in [2.75, 3.05) is 0 Å². The van der Waals surface area contributed by atoms with E-state index in [0.29, 0.717) is 0 Å². The van der Waals surface area contributed by atoms with E-state index in [0.717, 1.165) is 18.2 Å². The first-order chi connectivity index (χ1) is 5.13. The Morgan fingerprint density at radius 1 is 1.45 bits per heavy atom. The Labute approximate surface area is 61.0 Å². The van der Waals surface area contributed by atoms with Crippen LogP contribution in [0.1, 0.15) is 0 Å². The van der Waals surface area contributed by atoms with Crippen molar-refractivity contribution in [3.8, 4) is 5.75 Å². The lowest BCUT2D eigenvalue weighted by molar-refractivity contribution is -0.387. The molecule has 0 aliphatic rings. The Bertz CT molecular complexity index is 300. The summed E-state index contributed by atoms with van der Waals surface area (Å²) in [5, 5.41) is 20.5. The zero-order valence-corrected chi connectivity index (χ0v) is 5.28. The van der Waals surface area contributed by atoms with Gasteiger partial charge in [-0.25, -0.2) is 0 Å². The molecule has 57 valence electrons. The Morgan fingerprint density at radius 2 is 2.09 bits per heavy atom. The van der Waals surface area contributed by atoms with Crippen LogP contribution >= 0.6 is 0 Å². The SMILES string of the molecule is [O]c1cccc([N+](=O)[O-])c1F. The molecule has 0 saturated carbocycles. The minimum Gasteiger partial charge on any atom is -0.286 e. The molecule has 1 aromatic carbocycles. The molecule has 0 unspecified atom stereocenters. The molecular formula is C6H3FNO3. The van der Waals surface area contributed by atoms with Crippen LogP contribution in [0.5, 0.6) is 5.75 Å². The molecule has 0 aliphatic heterocycles. The summed E-state index contributed by atoms with van der Waals surface area (Å²) in [6.07, 6.45) is 0. The molecule has 0 aliphatic carbocycles. The van der Waals surface area contributed by atoms with E-state index < -0.39 is 22.2 Å². The quantitative estimate of drug-likeness (QED) is 0.460. The fraction of sp³-hybridized carbons (Fsp3) is 0. The summed E-state index contributed by atoms with van der Waals surface area (Å²) < 4.78 is 12.5. The van der Waals surface area contributed by atoms with Crippen molar-refractivity contribution in [3.63, 3.8) is 0 Å². The van der Waals surface area contributed by atoms with Crippen molar-refractivity contribution in [1.82, 2.24) is 0 Å². The highest BCUT2D eigenvalue weighted by molar-refractivity contribution is 5.39. The van der Waals surface area contributed by atoms with E-state index in [1.165, 1.54) is 0 Å². The van der Waals surface area contributed by atoms with E-state index in [2.05, 4.69) is 0 Å². The highest BCUT2D eigenvalue weighted by Crippen LogP contribution is 2.24. The van der Waals surface area contributed by atoms with E-state index >= 15 is 0 Å². The lowest BCUT2D eigenvalue weighted by Gasteiger charge is -1.91. The molecule has 1 aromatic rings. The summed E-state index contributed by atoms with van der Waals surface area (Å²) in [5.74, 6) is -2.27. The zero-order valence-electron chi connectivity index (χ0n) is 5.28. The van der Waals surface area contributed by atoms with Gasteiger partial charge in [0.05, 0.1) is 4.92 Å². The molecule has 5 heteroatoms. The molecule has 0 fully saturated rings. The number of rotatable bonds is 1. The van der Waals surface area contributed by atoms with Crippen LogP contribution in [-0.4, -0.2) is 4.92 Å². The minimum atomic E-state index is -1.31. The van der Waals surface area contributed by atoms with Gasteiger partial charge in [0, 0.05) is 6.07 Å². The van der Waals surface area contributed by atoms with Crippen LogP contribution in [0.25, 0.3) is 0 Å². The van der Waals surface area contributed by atoms with Crippen LogP contribution in [0.4, 0.5) is 10.1 Å². The maximum absolute atomic E-state index is 12.5. The largest absolute Gasteiger partial charge is 0.308 e. The van der Waals surface area contributed by atoms with Gasteiger partial charge in [-0.1, -0.05) is 6.07 Å². The Hall–Kier alpha value is -1.65. The predicted octanol–water partition coefficient (Wildman–Crippen LogP) is 1.88. The van der Waals surface area contributed by atoms with Gasteiger partial charge in [0.25, 0.3) is 0 Å². The average Bonchev–Trinajstić information content (AvgIpc) is 1.94. The van der Waals surface area contributed by atoms with Crippen molar-refractivity contribution in [2.45, 2.75) is 0 Å². The normalized spacial score (nSPS) is 9.55. The first kappa shape index (κ1) is 7.46. The monoisotopic (exact) mass is 156 g/mol. The average molecular weight is 156 g/mol. The van der Waals surface area contributed by atoms with Gasteiger partial charge in [0.1, 0.15) is 0 Å². The Morgan fingerprint density at radius 3 is 2.55 bits per heavy atom. The third kappa shape index (κ3) is 1.26. The summed E-state index contributed by atoms with van der Waals surface area (Å²) in [6.45, 7) is 0. The molecule has 0 aromatic heterocycles. The molecule has 0 bridgehead atoms. The summed E-state index contributed by atoms with van der Waals surface area (Å²) >= 11 is 0. The lowest BCUT2D eigenvalue weighted by Crippen LogP contribution is -1.91. The van der Waals surface area contributed by atoms with Gasteiger partial charge in [0.15, 0.2) is 0 Å². The fourth-order valence-corrected chi connectivity index (χ4v) is 0.640. The van der Waals surface area contributed by atoms with Crippen molar-refractivity contribution in [1.29, 1.82) is 0 Å². The van der Waals surface area contributed by atoms with Crippen LogP contribution in [-0.2, 0) is 5.11 Å². The predicted molar refractivity (Wildman–Crippen MR) is 33.2 cm³/mol. The number of hydrogen-bond acceptors (Lipinski definition) is 2. The van der Waals surface area contributed by atoms with Crippen LogP contribution in [0.15, 0.2) is 18.2 Å². The number of halogens is 1. The Kier molecular flexibility index (Phi) is 1.72. The van der Waals surface area contributed by atoms with Crippen molar-refractivity contribution in [3.05, 3.63) is 34.1 Å². The smallest absolute Gasteiger partial charge is 0.286 e. The molecule has 1 radical (unpaired) electrons. The standard InChI is InChI=1S/C6H3FNO3/c7-6-4(8(10)11)2-1-3-5(6)9/h1-3H. The third-order valence-corrected chi connectivity index (χ3v) is 1.14. The molecule has 0 heterocycles. The topological polar surface area (TPSA) is 63.0 Å². The van der Waals surface area contributed by atoms with Gasteiger partial charge in [-0.3, -0.25) is 15.2 Å². The van der Waals surface area contributed by atoms with Gasteiger partial charge in [-0.05, 0) is 6.07 Å². The van der Waals surface area contributed by atoms with E-state index in [1.807, 2.05) is 0 Å². The fourth-order valence-electron chi connectivity index (χ4n) is 0.640. The second kappa shape index (κ2) is 2.53. The second-order valence-corrected chi connectivity index (χ2v) is 1.85. The zero-order chi connectivity index (χ0) is 8.43. The van der Waals surface area contributed by atoms with Gasteiger partial charge < -0.3 is 0 Å². The maximum Gasteiger partial charge on any atom is 0.308 e. The van der Waals surface area contributed by atoms with E-state index in [9.17, 15) is 19.6 Å². The number of nitro groups is 1. The molecule has 0 atom stereocenters. The summed E-state index contributed by atoms with van der Waals surface area (Å²) in [4.78, 5) is 9.07. The van der Waals surface area contributed by atoms with Crippen LogP contribution in [0.3, 0.4) is 0 Å². The van der Waals surface area contributed by atoms with E-state index in [1.54, 1.807) is 0 Å². The minimum absolute atomic E-state index is 0.780. The first-order valence-corrected chi connectivity index (χ1v) is 2.73. The number of nitro benzene ring substituents is 1. The Balaban J connectivity index is 3.27.